The number of halogens is 1. The number of ether oxygens (including phenoxy) is 2. The highest BCUT2D eigenvalue weighted by Crippen LogP contribution is 2.27. The minimum absolute atomic E-state index is 0.0583. The van der Waals surface area contributed by atoms with Gasteiger partial charge in [-0.05, 0) is 77.4 Å². The fraction of sp³-hybridized carbons (Fsp3) is 0.375. The third-order valence-electron chi connectivity index (χ3n) is 5.33. The molecule has 2 amide bonds. The van der Waals surface area contributed by atoms with Crippen molar-refractivity contribution in [2.45, 2.75) is 32.1 Å². The molecule has 0 aromatic heterocycles. The molecule has 0 aliphatic heterocycles. The summed E-state index contributed by atoms with van der Waals surface area (Å²) in [5, 5.41) is 8.81. The zero-order valence-electron chi connectivity index (χ0n) is 18.5. The van der Waals surface area contributed by atoms with E-state index in [9.17, 15) is 9.59 Å². The molecule has 2 aromatic carbocycles. The maximum Gasteiger partial charge on any atom is 0.257 e. The molecule has 0 spiro atoms. The molecule has 3 rings (SSSR count). The zero-order chi connectivity index (χ0) is 23.6. The van der Waals surface area contributed by atoms with Crippen LogP contribution < -0.4 is 20.7 Å². The van der Waals surface area contributed by atoms with E-state index in [-0.39, 0.29) is 22.8 Å². The Balaban J connectivity index is 1.53. The van der Waals surface area contributed by atoms with Crippen LogP contribution in [0.25, 0.3) is 0 Å². The van der Waals surface area contributed by atoms with E-state index in [1.165, 1.54) is 6.42 Å². The Morgan fingerprint density at radius 1 is 1.03 bits per heavy atom. The normalized spacial score (nSPS) is 13.8. The maximum atomic E-state index is 12.6. The van der Waals surface area contributed by atoms with Crippen molar-refractivity contribution in [1.82, 2.24) is 5.32 Å². The SMILES string of the molecule is COCCOc1ccc(C(=O)NC(=S)Nc2cccc(NC(=O)C3CCCCC3)c2)cc1Br. The van der Waals surface area contributed by atoms with Gasteiger partial charge in [0, 0.05) is 30.0 Å². The fourth-order valence-corrected chi connectivity index (χ4v) is 4.32. The summed E-state index contributed by atoms with van der Waals surface area (Å²) in [5.41, 5.74) is 1.79. The monoisotopic (exact) mass is 533 g/mol. The van der Waals surface area contributed by atoms with Gasteiger partial charge in [0.2, 0.25) is 5.91 Å². The van der Waals surface area contributed by atoms with E-state index in [0.29, 0.717) is 40.4 Å². The Morgan fingerprint density at radius 3 is 2.45 bits per heavy atom. The van der Waals surface area contributed by atoms with E-state index >= 15 is 0 Å². The van der Waals surface area contributed by atoms with Crippen LogP contribution in [-0.4, -0.2) is 37.3 Å². The van der Waals surface area contributed by atoms with Crippen molar-refractivity contribution in [3.05, 3.63) is 52.5 Å². The van der Waals surface area contributed by atoms with E-state index in [4.69, 9.17) is 21.7 Å². The minimum Gasteiger partial charge on any atom is -0.490 e. The van der Waals surface area contributed by atoms with Gasteiger partial charge in [-0.2, -0.15) is 0 Å². The van der Waals surface area contributed by atoms with Crippen molar-refractivity contribution in [3.8, 4) is 5.75 Å². The summed E-state index contributed by atoms with van der Waals surface area (Å²) in [6.07, 6.45) is 5.30. The first-order valence-electron chi connectivity index (χ1n) is 10.9. The van der Waals surface area contributed by atoms with E-state index < -0.39 is 0 Å². The second-order valence-electron chi connectivity index (χ2n) is 7.80. The van der Waals surface area contributed by atoms with E-state index in [0.717, 1.165) is 25.7 Å². The highest BCUT2D eigenvalue weighted by molar-refractivity contribution is 9.10. The molecule has 0 heterocycles. The van der Waals surface area contributed by atoms with Crippen LogP contribution in [0.1, 0.15) is 42.5 Å². The Kier molecular flexibility index (Phi) is 9.65. The van der Waals surface area contributed by atoms with Crippen molar-refractivity contribution in [1.29, 1.82) is 0 Å². The molecule has 3 N–H and O–H groups in total. The third-order valence-corrected chi connectivity index (χ3v) is 6.15. The van der Waals surface area contributed by atoms with Crippen molar-refractivity contribution >= 4 is 56.4 Å². The lowest BCUT2D eigenvalue weighted by Gasteiger charge is -2.21. The molecule has 7 nitrogen and oxygen atoms in total. The molecule has 0 bridgehead atoms. The summed E-state index contributed by atoms with van der Waals surface area (Å²) in [4.78, 5) is 25.1. The van der Waals surface area contributed by atoms with Gasteiger partial charge >= 0.3 is 0 Å². The standard InChI is InChI=1S/C24H28BrN3O4S/c1-31-12-13-32-21-11-10-17(14-20(21)25)23(30)28-24(33)27-19-9-5-8-18(15-19)26-22(29)16-6-3-2-4-7-16/h5,8-11,14-16H,2-4,6-7,12-13H2,1H3,(H,26,29)(H2,27,28,30,33). The molecule has 0 saturated heterocycles. The van der Waals surface area contributed by atoms with Crippen molar-refractivity contribution in [3.63, 3.8) is 0 Å². The zero-order valence-corrected chi connectivity index (χ0v) is 20.9. The summed E-state index contributed by atoms with van der Waals surface area (Å²) in [7, 11) is 1.60. The lowest BCUT2D eigenvalue weighted by Crippen LogP contribution is -2.34. The van der Waals surface area contributed by atoms with Gasteiger partial charge in [0.1, 0.15) is 12.4 Å². The van der Waals surface area contributed by atoms with Gasteiger partial charge in [0.15, 0.2) is 5.11 Å². The van der Waals surface area contributed by atoms with Gasteiger partial charge in [-0.1, -0.05) is 25.3 Å². The second kappa shape index (κ2) is 12.7. The predicted molar refractivity (Wildman–Crippen MR) is 137 cm³/mol. The topological polar surface area (TPSA) is 88.7 Å². The van der Waals surface area contributed by atoms with Crippen molar-refractivity contribution in [2.24, 2.45) is 5.92 Å². The maximum absolute atomic E-state index is 12.6. The van der Waals surface area contributed by atoms with Crippen LogP contribution in [-0.2, 0) is 9.53 Å². The van der Waals surface area contributed by atoms with Gasteiger partial charge in [-0.25, -0.2) is 0 Å². The van der Waals surface area contributed by atoms with Gasteiger partial charge < -0.3 is 20.1 Å². The van der Waals surface area contributed by atoms with E-state index in [2.05, 4.69) is 31.9 Å². The Hall–Kier alpha value is -2.49. The van der Waals surface area contributed by atoms with Crippen LogP contribution in [0.4, 0.5) is 11.4 Å². The quantitative estimate of drug-likeness (QED) is 0.322. The molecule has 0 radical (unpaired) electrons. The van der Waals surface area contributed by atoms with Gasteiger partial charge in [-0.15, -0.1) is 0 Å². The molecular weight excluding hydrogens is 506 g/mol. The van der Waals surface area contributed by atoms with Crippen molar-refractivity contribution < 1.29 is 19.1 Å². The predicted octanol–water partition coefficient (Wildman–Crippen LogP) is 5.12. The average molecular weight is 534 g/mol. The molecule has 9 heteroatoms. The fourth-order valence-electron chi connectivity index (χ4n) is 3.62. The average Bonchev–Trinajstić information content (AvgIpc) is 2.81. The van der Waals surface area contributed by atoms with Crippen LogP contribution in [0.2, 0.25) is 0 Å². The van der Waals surface area contributed by atoms with Crippen LogP contribution in [0, 0.1) is 5.92 Å². The lowest BCUT2D eigenvalue weighted by molar-refractivity contribution is -0.120. The highest BCUT2D eigenvalue weighted by atomic mass is 79.9. The lowest BCUT2D eigenvalue weighted by atomic mass is 9.88. The smallest absolute Gasteiger partial charge is 0.257 e. The summed E-state index contributed by atoms with van der Waals surface area (Å²) in [6, 6.07) is 12.3. The molecule has 1 aliphatic rings. The highest BCUT2D eigenvalue weighted by Gasteiger charge is 2.21. The molecule has 1 aliphatic carbocycles. The van der Waals surface area contributed by atoms with Gasteiger partial charge in [-0.3, -0.25) is 14.9 Å². The summed E-state index contributed by atoms with van der Waals surface area (Å²) < 4.78 is 11.2. The van der Waals surface area contributed by atoms with Crippen LogP contribution in [0.3, 0.4) is 0 Å². The summed E-state index contributed by atoms with van der Waals surface area (Å²) in [6.45, 7) is 0.884. The van der Waals surface area contributed by atoms with Crippen LogP contribution >= 0.6 is 28.1 Å². The Labute approximate surface area is 207 Å². The summed E-state index contributed by atoms with van der Waals surface area (Å²) >= 11 is 8.71. The number of nitrogens with one attached hydrogen (secondary N) is 3. The molecule has 0 unspecified atom stereocenters. The molecule has 176 valence electrons. The van der Waals surface area contributed by atoms with E-state index in [1.54, 1.807) is 31.4 Å². The molecule has 2 aromatic rings. The number of rotatable bonds is 8. The number of hydrogen-bond acceptors (Lipinski definition) is 5. The number of anilines is 2. The summed E-state index contributed by atoms with van der Waals surface area (Å²) in [5.74, 6) is 0.407. The number of amides is 2. The molecule has 1 fully saturated rings. The van der Waals surface area contributed by atoms with Gasteiger partial charge in [0.05, 0.1) is 11.1 Å². The van der Waals surface area contributed by atoms with Crippen LogP contribution in [0.5, 0.6) is 5.75 Å². The first kappa shape index (κ1) is 25.1. The number of thiocarbonyl (C=S) groups is 1. The second-order valence-corrected chi connectivity index (χ2v) is 9.06. The molecule has 0 atom stereocenters. The number of carbonyl (C=O) groups excluding carboxylic acids is 2. The Bertz CT molecular complexity index is 995. The van der Waals surface area contributed by atoms with Crippen molar-refractivity contribution in [2.75, 3.05) is 31.0 Å². The Morgan fingerprint density at radius 2 is 1.76 bits per heavy atom. The van der Waals surface area contributed by atoms with Crippen LogP contribution in [0.15, 0.2) is 46.9 Å². The molecule has 33 heavy (non-hydrogen) atoms. The van der Waals surface area contributed by atoms with E-state index in [1.807, 2.05) is 18.2 Å². The molecule has 1 saturated carbocycles. The largest absolute Gasteiger partial charge is 0.490 e. The number of methoxy groups -OCH3 is 1. The first-order valence-corrected chi connectivity index (χ1v) is 12.1. The third kappa shape index (κ3) is 7.80. The number of benzene rings is 2. The number of hydrogen-bond donors (Lipinski definition) is 3. The minimum atomic E-state index is -0.349. The molecular formula is C24H28BrN3O4S. The van der Waals surface area contributed by atoms with Gasteiger partial charge in [0.25, 0.3) is 5.91 Å². The first-order chi connectivity index (χ1) is 16.0. The number of carbonyl (C=O) groups is 2.